The molecule has 0 radical (unpaired) electrons. The Morgan fingerprint density at radius 3 is 2.85 bits per heavy atom. The van der Waals surface area contributed by atoms with Gasteiger partial charge in [-0.25, -0.2) is 4.98 Å². The van der Waals surface area contributed by atoms with Crippen LogP contribution in [-0.4, -0.2) is 21.2 Å². The van der Waals surface area contributed by atoms with Crippen molar-refractivity contribution in [1.29, 1.82) is 0 Å². The summed E-state index contributed by atoms with van der Waals surface area (Å²) < 4.78 is 2.14. The average molecular weight is 336 g/mol. The van der Waals surface area contributed by atoms with E-state index in [1.165, 1.54) is 10.6 Å². The van der Waals surface area contributed by atoms with Gasteiger partial charge in [0.15, 0.2) is 0 Å². The van der Waals surface area contributed by atoms with Gasteiger partial charge in [-0.1, -0.05) is 0 Å². The van der Waals surface area contributed by atoms with E-state index in [1.54, 1.807) is 18.3 Å². The first-order valence-corrected chi connectivity index (χ1v) is 6.86. The van der Waals surface area contributed by atoms with Gasteiger partial charge in [-0.05, 0) is 34.5 Å². The van der Waals surface area contributed by atoms with Crippen LogP contribution in [0.5, 0.6) is 0 Å². The van der Waals surface area contributed by atoms with Crippen LogP contribution in [-0.2, 0) is 9.59 Å². The molecule has 0 aliphatic carbocycles. The Morgan fingerprint density at radius 1 is 1.30 bits per heavy atom. The number of aromatic nitrogens is 2. The lowest BCUT2D eigenvalue weighted by molar-refractivity contribution is -0.134. The quantitative estimate of drug-likeness (QED) is 0.787. The lowest BCUT2D eigenvalue weighted by Gasteiger charge is -2.20. The molecule has 0 aromatic carbocycles. The first-order chi connectivity index (χ1) is 9.56. The van der Waals surface area contributed by atoms with Crippen molar-refractivity contribution in [1.82, 2.24) is 14.7 Å². The zero-order chi connectivity index (χ0) is 14.3. The third-order valence-corrected chi connectivity index (χ3v) is 3.78. The van der Waals surface area contributed by atoms with Crippen LogP contribution in [0.3, 0.4) is 0 Å². The van der Waals surface area contributed by atoms with Gasteiger partial charge in [0, 0.05) is 28.9 Å². The number of hydrogen-bond acceptors (Lipinski definition) is 4. The number of carbonyl (C=O) groups excluding carboxylic acids is 2. The molecule has 0 bridgehead atoms. The van der Waals surface area contributed by atoms with Gasteiger partial charge < -0.3 is 0 Å². The largest absolute Gasteiger partial charge is 0.296 e. The molecular weight excluding hydrogens is 326 g/mol. The molecule has 1 fully saturated rings. The Hall–Kier alpha value is -2.02. The Kier molecular flexibility index (Phi) is 3.13. The lowest BCUT2D eigenvalue weighted by atomic mass is 9.92. The van der Waals surface area contributed by atoms with Gasteiger partial charge in [-0.15, -0.1) is 0 Å². The normalized spacial score (nSPS) is 19.1. The van der Waals surface area contributed by atoms with Crippen LogP contribution in [0, 0.1) is 0 Å². The maximum absolute atomic E-state index is 12.4. The number of nitrogens with one attached hydrogen (secondary N) is 1. The second-order valence-corrected chi connectivity index (χ2v) is 5.51. The number of fused-ring (bicyclic) bond motifs is 1. The molecule has 1 saturated heterocycles. The molecule has 0 spiro atoms. The fraction of sp³-hybridized carbons (Fsp3) is 0.231. The van der Waals surface area contributed by atoms with Crippen molar-refractivity contribution in [2.75, 3.05) is 0 Å². The summed E-state index contributed by atoms with van der Waals surface area (Å²) in [4.78, 5) is 39.6. The second kappa shape index (κ2) is 4.82. The minimum atomic E-state index is -0.622. The van der Waals surface area contributed by atoms with Crippen molar-refractivity contribution in [3.63, 3.8) is 0 Å². The van der Waals surface area contributed by atoms with Crippen molar-refractivity contribution in [3.8, 4) is 0 Å². The summed E-state index contributed by atoms with van der Waals surface area (Å²) in [5, 5.41) is 2.25. The minimum absolute atomic E-state index is 0.233. The SMILES string of the molecule is O=C1CCC(c2cnc3ccc(Br)cn3c2=O)C(=O)N1. The van der Waals surface area contributed by atoms with E-state index in [0.717, 1.165) is 4.47 Å². The molecule has 6 nitrogen and oxygen atoms in total. The number of hydrogen-bond donors (Lipinski definition) is 1. The standard InChI is InChI=1S/C13H10BrN3O3/c14-7-1-3-10-15-5-9(13(20)17(10)6-7)8-2-4-11(18)16-12(8)19/h1,3,5-6,8H,2,4H2,(H,16,18,19). The third kappa shape index (κ3) is 2.14. The van der Waals surface area contributed by atoms with Crippen LogP contribution in [0.15, 0.2) is 33.8 Å². The van der Waals surface area contributed by atoms with Crippen molar-refractivity contribution in [2.45, 2.75) is 18.8 Å². The molecule has 7 heteroatoms. The summed E-state index contributed by atoms with van der Waals surface area (Å²) in [5.74, 6) is -1.36. The number of halogens is 1. The van der Waals surface area contributed by atoms with E-state index in [4.69, 9.17) is 0 Å². The van der Waals surface area contributed by atoms with Gasteiger partial charge in [0.25, 0.3) is 5.56 Å². The van der Waals surface area contributed by atoms with Gasteiger partial charge in [0.1, 0.15) is 5.65 Å². The molecule has 2 amide bonds. The van der Waals surface area contributed by atoms with Crippen LogP contribution in [0.25, 0.3) is 5.65 Å². The number of nitrogens with zero attached hydrogens (tertiary/aromatic N) is 2. The molecule has 3 rings (SSSR count). The Labute approximate surface area is 122 Å². The van der Waals surface area contributed by atoms with E-state index in [-0.39, 0.29) is 17.9 Å². The van der Waals surface area contributed by atoms with Crippen LogP contribution < -0.4 is 10.9 Å². The fourth-order valence-corrected chi connectivity index (χ4v) is 2.63. The van der Waals surface area contributed by atoms with Gasteiger partial charge in [0.2, 0.25) is 11.8 Å². The maximum Gasteiger partial charge on any atom is 0.261 e. The molecule has 20 heavy (non-hydrogen) atoms. The summed E-state index contributed by atoms with van der Waals surface area (Å²) in [6.45, 7) is 0. The smallest absolute Gasteiger partial charge is 0.261 e. The monoisotopic (exact) mass is 335 g/mol. The lowest BCUT2D eigenvalue weighted by Crippen LogP contribution is -2.41. The number of amides is 2. The number of pyridine rings is 1. The summed E-state index contributed by atoms with van der Waals surface area (Å²) in [7, 11) is 0. The van der Waals surface area contributed by atoms with Crippen LogP contribution in [0.2, 0.25) is 0 Å². The first-order valence-electron chi connectivity index (χ1n) is 6.07. The first kappa shape index (κ1) is 13.0. The molecule has 102 valence electrons. The minimum Gasteiger partial charge on any atom is -0.296 e. The second-order valence-electron chi connectivity index (χ2n) is 4.60. The fourth-order valence-electron chi connectivity index (χ4n) is 2.29. The molecule has 1 aliphatic rings. The summed E-state index contributed by atoms with van der Waals surface area (Å²) in [6.07, 6.45) is 3.60. The van der Waals surface area contributed by atoms with Crippen molar-refractivity contribution < 1.29 is 9.59 Å². The number of piperidine rings is 1. The molecule has 3 heterocycles. The highest BCUT2D eigenvalue weighted by Crippen LogP contribution is 2.22. The molecule has 1 atom stereocenters. The highest BCUT2D eigenvalue weighted by Gasteiger charge is 2.30. The summed E-state index contributed by atoms with van der Waals surface area (Å²) in [6, 6.07) is 3.49. The molecule has 0 saturated carbocycles. The van der Waals surface area contributed by atoms with E-state index < -0.39 is 11.8 Å². The molecule has 1 N–H and O–H groups in total. The van der Waals surface area contributed by atoms with Crippen LogP contribution in [0.4, 0.5) is 0 Å². The van der Waals surface area contributed by atoms with Crippen molar-refractivity contribution >= 4 is 33.4 Å². The van der Waals surface area contributed by atoms with Crippen LogP contribution >= 0.6 is 15.9 Å². The Balaban J connectivity index is 2.13. The highest BCUT2D eigenvalue weighted by atomic mass is 79.9. The molecule has 2 aromatic heterocycles. The summed E-state index contributed by atoms with van der Waals surface area (Å²) >= 11 is 3.30. The zero-order valence-corrected chi connectivity index (χ0v) is 11.9. The van der Waals surface area contributed by atoms with E-state index in [1.807, 2.05) is 0 Å². The number of imide groups is 1. The maximum atomic E-state index is 12.4. The van der Waals surface area contributed by atoms with E-state index in [2.05, 4.69) is 26.2 Å². The van der Waals surface area contributed by atoms with E-state index in [9.17, 15) is 14.4 Å². The Bertz CT molecular complexity index is 784. The molecule has 1 unspecified atom stereocenters. The van der Waals surface area contributed by atoms with Crippen molar-refractivity contribution in [3.05, 3.63) is 44.9 Å². The average Bonchev–Trinajstić information content (AvgIpc) is 2.41. The van der Waals surface area contributed by atoms with Crippen molar-refractivity contribution in [2.24, 2.45) is 0 Å². The number of rotatable bonds is 1. The predicted molar refractivity (Wildman–Crippen MR) is 74.3 cm³/mol. The molecule has 2 aromatic rings. The number of carbonyl (C=O) groups is 2. The summed E-state index contributed by atoms with van der Waals surface area (Å²) in [5.41, 5.74) is 0.533. The zero-order valence-electron chi connectivity index (χ0n) is 10.3. The molecular formula is C13H10BrN3O3. The van der Waals surface area contributed by atoms with E-state index >= 15 is 0 Å². The van der Waals surface area contributed by atoms with E-state index in [0.29, 0.717) is 17.6 Å². The van der Waals surface area contributed by atoms with Gasteiger partial charge in [-0.2, -0.15) is 0 Å². The topological polar surface area (TPSA) is 80.5 Å². The van der Waals surface area contributed by atoms with Gasteiger partial charge in [-0.3, -0.25) is 24.1 Å². The predicted octanol–water partition coefficient (Wildman–Crippen LogP) is 0.977. The van der Waals surface area contributed by atoms with Crippen LogP contribution in [0.1, 0.15) is 24.3 Å². The van der Waals surface area contributed by atoms with Gasteiger partial charge >= 0.3 is 0 Å². The molecule has 1 aliphatic heterocycles. The highest BCUT2D eigenvalue weighted by molar-refractivity contribution is 9.10. The van der Waals surface area contributed by atoms with Gasteiger partial charge in [0.05, 0.1) is 5.92 Å². The third-order valence-electron chi connectivity index (χ3n) is 3.31. The Morgan fingerprint density at radius 2 is 2.10 bits per heavy atom.